The van der Waals surface area contributed by atoms with Crippen LogP contribution in [-0.4, -0.2) is 51.5 Å². The Balaban J connectivity index is 0.958. The van der Waals surface area contributed by atoms with E-state index in [0.29, 0.717) is 48.6 Å². The molecule has 3 N–H and O–H groups in total. The van der Waals surface area contributed by atoms with Gasteiger partial charge < -0.3 is 15.7 Å². The predicted molar refractivity (Wildman–Crippen MR) is 237 cm³/mol. The lowest BCUT2D eigenvalue weighted by molar-refractivity contribution is -0.193. The van der Waals surface area contributed by atoms with Crippen molar-refractivity contribution in [2.45, 2.75) is 145 Å². The van der Waals surface area contributed by atoms with E-state index in [4.69, 9.17) is 0 Å². The van der Waals surface area contributed by atoms with Crippen molar-refractivity contribution in [3.8, 4) is 0 Å². The van der Waals surface area contributed by atoms with Crippen molar-refractivity contribution in [3.63, 3.8) is 0 Å². The summed E-state index contributed by atoms with van der Waals surface area (Å²) in [6.07, 6.45) is 10.2. The highest BCUT2D eigenvalue weighted by molar-refractivity contribution is 6.01. The first-order chi connectivity index (χ1) is 28.6. The fourth-order valence-electron chi connectivity index (χ4n) is 15.3. The molecule has 2 aromatic rings. The van der Waals surface area contributed by atoms with Crippen LogP contribution in [-0.2, 0) is 19.2 Å². The lowest BCUT2D eigenvalue weighted by Crippen LogP contribution is -2.62. The molecule has 0 radical (unpaired) electrons. The molecule has 0 bridgehead atoms. The number of carbonyl (C=O) groups is 5. The van der Waals surface area contributed by atoms with Gasteiger partial charge in [0.05, 0.1) is 17.0 Å². The quantitative estimate of drug-likeness (QED) is 0.205. The summed E-state index contributed by atoms with van der Waals surface area (Å²) >= 11 is 0. The van der Waals surface area contributed by atoms with Gasteiger partial charge in [0, 0.05) is 42.5 Å². The molecule has 5 fully saturated rings. The molecule has 5 saturated carbocycles. The minimum absolute atomic E-state index is 0.00498. The Morgan fingerprint density at radius 2 is 1.61 bits per heavy atom. The second-order valence-corrected chi connectivity index (χ2v) is 22.9. The van der Waals surface area contributed by atoms with Crippen LogP contribution in [0.15, 0.2) is 47.5 Å². The number of allylic oxidation sites excluding steroid dienone is 2. The molecule has 11 unspecified atom stereocenters. The van der Waals surface area contributed by atoms with Crippen molar-refractivity contribution in [3.05, 3.63) is 53.2 Å². The molecule has 2 amide bonds. The van der Waals surface area contributed by atoms with Gasteiger partial charge >= 0.3 is 5.97 Å². The third-order valence-electron chi connectivity index (χ3n) is 18.4. The number of carboxylic acids is 1. The third-order valence-corrected chi connectivity index (χ3v) is 18.4. The largest absolute Gasteiger partial charge is 0.481 e. The predicted octanol–water partition coefficient (Wildman–Crippen LogP) is 9.77. The normalized spacial score (nSPS) is 36.6. The Morgan fingerprint density at radius 3 is 2.31 bits per heavy atom. The summed E-state index contributed by atoms with van der Waals surface area (Å²) in [6.45, 7) is 20.3. The number of hydrogen-bond acceptors (Lipinski definition) is 6. The SMILES string of the molecule is CC(C)C1=C2C3CCC4C(C)(CCC5C(C)(C)C(CC(=O)C6CC(C(=O)O)C6C)CCC54C)C3CCC2(CC(=O)NCC(C)(C)NC(=O)c2ccc3ccccc3n2)CC1=O. The topological polar surface area (TPSA) is 143 Å². The average molecular weight is 834 g/mol. The standard InChI is InChI=1S/C52H71N3O6/c1-29(2)44-40(57)26-52(27-43(58)53-28-48(4,5)55-46(59)38-16-14-31-12-10-11-13-37(31)54-38)23-19-36-33(45(44)52)15-17-42-50(36,8)22-20-41-49(6,7)32(18-21-51(41,42)9)24-39(56)34-25-35(30(34)3)47(60)61/h10-14,16,29-30,32-36,41-42H,15,17-28H2,1-9H3,(H,53,58)(H,55,59)(H,60,61). The Labute approximate surface area is 363 Å². The third kappa shape index (κ3) is 7.29. The second-order valence-electron chi connectivity index (χ2n) is 22.9. The molecule has 0 spiro atoms. The Hall–Kier alpha value is -3.88. The van der Waals surface area contributed by atoms with E-state index in [0.717, 1.165) is 67.8 Å². The highest BCUT2D eigenvalue weighted by Crippen LogP contribution is 2.74. The number of amides is 2. The Bertz CT molecular complexity index is 2170. The summed E-state index contributed by atoms with van der Waals surface area (Å²) in [5.41, 5.74) is 2.47. The number of rotatable bonds is 11. The van der Waals surface area contributed by atoms with Crippen LogP contribution in [0.4, 0.5) is 0 Å². The van der Waals surface area contributed by atoms with Crippen LogP contribution in [0.25, 0.3) is 10.9 Å². The molecule has 1 aromatic heterocycles. The number of hydrogen-bond donors (Lipinski definition) is 3. The number of pyridine rings is 1. The molecular formula is C52H71N3O6. The maximum Gasteiger partial charge on any atom is 0.306 e. The van der Waals surface area contributed by atoms with E-state index in [1.165, 1.54) is 5.57 Å². The molecule has 6 aliphatic rings. The average Bonchev–Trinajstić information content (AvgIpc) is 3.48. The van der Waals surface area contributed by atoms with Crippen molar-refractivity contribution < 1.29 is 29.1 Å². The van der Waals surface area contributed by atoms with Crippen LogP contribution in [0.2, 0.25) is 0 Å². The lowest BCUT2D eigenvalue weighted by atomic mass is 9.35. The minimum atomic E-state index is -0.773. The summed E-state index contributed by atoms with van der Waals surface area (Å²) in [7, 11) is 0. The maximum absolute atomic E-state index is 14.1. The van der Waals surface area contributed by atoms with Crippen LogP contribution < -0.4 is 10.6 Å². The first kappa shape index (κ1) is 43.8. The van der Waals surface area contributed by atoms with Gasteiger partial charge in [-0.1, -0.05) is 78.3 Å². The van der Waals surface area contributed by atoms with Gasteiger partial charge in [-0.2, -0.15) is 0 Å². The fourth-order valence-corrected chi connectivity index (χ4v) is 15.3. The number of fused-ring (bicyclic) bond motifs is 8. The van der Waals surface area contributed by atoms with Crippen LogP contribution in [0.3, 0.4) is 0 Å². The highest BCUT2D eigenvalue weighted by atomic mass is 16.4. The fraction of sp³-hybridized carbons (Fsp3) is 0.692. The summed E-state index contributed by atoms with van der Waals surface area (Å²) < 4.78 is 0. The Morgan fingerprint density at radius 1 is 0.885 bits per heavy atom. The molecule has 330 valence electrons. The maximum atomic E-state index is 14.1. The number of nitrogens with zero attached hydrogens (tertiary/aromatic N) is 1. The molecule has 1 heterocycles. The van der Waals surface area contributed by atoms with Gasteiger partial charge in [0.25, 0.3) is 5.91 Å². The first-order valence-corrected chi connectivity index (χ1v) is 23.6. The number of ketones is 2. The molecule has 61 heavy (non-hydrogen) atoms. The minimum Gasteiger partial charge on any atom is -0.481 e. The van der Waals surface area contributed by atoms with Gasteiger partial charge in [-0.05, 0) is 147 Å². The number of nitrogens with one attached hydrogen (secondary N) is 2. The van der Waals surface area contributed by atoms with Crippen molar-refractivity contribution in [1.29, 1.82) is 0 Å². The first-order valence-electron chi connectivity index (χ1n) is 23.6. The summed E-state index contributed by atoms with van der Waals surface area (Å²) in [6, 6.07) is 11.3. The van der Waals surface area contributed by atoms with Gasteiger partial charge in [-0.25, -0.2) is 4.98 Å². The van der Waals surface area contributed by atoms with Crippen molar-refractivity contribution >= 4 is 40.3 Å². The zero-order valence-electron chi connectivity index (χ0n) is 38.3. The number of aromatic nitrogens is 1. The van der Waals surface area contributed by atoms with E-state index in [-0.39, 0.29) is 76.3 Å². The second kappa shape index (κ2) is 15.4. The number of benzene rings is 1. The zero-order chi connectivity index (χ0) is 44.0. The molecule has 9 nitrogen and oxygen atoms in total. The van der Waals surface area contributed by atoms with Crippen LogP contribution >= 0.6 is 0 Å². The number of para-hydroxylation sites is 1. The molecule has 11 atom stereocenters. The molecule has 8 rings (SSSR count). The van der Waals surface area contributed by atoms with Crippen molar-refractivity contribution in [1.82, 2.24) is 15.6 Å². The van der Waals surface area contributed by atoms with E-state index in [9.17, 15) is 29.1 Å². The highest BCUT2D eigenvalue weighted by Gasteiger charge is 2.66. The molecule has 9 heteroatoms. The van der Waals surface area contributed by atoms with Gasteiger partial charge in [0.15, 0.2) is 5.78 Å². The zero-order valence-corrected chi connectivity index (χ0v) is 38.3. The summed E-state index contributed by atoms with van der Waals surface area (Å²) in [5.74, 6) is 0.991. The Kier molecular flexibility index (Phi) is 11.1. The number of aliphatic carboxylic acids is 1. The molecule has 0 saturated heterocycles. The number of Topliss-reactive ketones (excluding diaryl/α,β-unsaturated/α-hetero) is 2. The van der Waals surface area contributed by atoms with E-state index in [1.807, 2.05) is 51.1 Å². The summed E-state index contributed by atoms with van der Waals surface area (Å²) in [4.78, 5) is 71.4. The van der Waals surface area contributed by atoms with Crippen LogP contribution in [0, 0.1) is 74.9 Å². The summed E-state index contributed by atoms with van der Waals surface area (Å²) in [5, 5.41) is 16.8. The smallest absolute Gasteiger partial charge is 0.306 e. The van der Waals surface area contributed by atoms with Gasteiger partial charge in [-0.3, -0.25) is 24.0 Å². The van der Waals surface area contributed by atoms with E-state index in [1.54, 1.807) is 6.07 Å². The molecule has 6 aliphatic carbocycles. The van der Waals surface area contributed by atoms with E-state index in [2.05, 4.69) is 57.2 Å². The van der Waals surface area contributed by atoms with Crippen molar-refractivity contribution in [2.24, 2.45) is 74.9 Å². The van der Waals surface area contributed by atoms with Crippen LogP contribution in [0.5, 0.6) is 0 Å². The molecule has 0 aliphatic heterocycles. The molecular weight excluding hydrogens is 763 g/mol. The number of carboxylic acid groups (broad SMARTS) is 1. The van der Waals surface area contributed by atoms with Crippen LogP contribution in [0.1, 0.15) is 150 Å². The monoisotopic (exact) mass is 834 g/mol. The van der Waals surface area contributed by atoms with Crippen molar-refractivity contribution in [2.75, 3.05) is 6.54 Å². The van der Waals surface area contributed by atoms with E-state index >= 15 is 0 Å². The molecule has 1 aromatic carbocycles. The van der Waals surface area contributed by atoms with Gasteiger partial charge in [0.2, 0.25) is 5.91 Å². The number of carbonyl (C=O) groups excluding carboxylic acids is 4. The van der Waals surface area contributed by atoms with Gasteiger partial charge in [-0.15, -0.1) is 0 Å². The van der Waals surface area contributed by atoms with Gasteiger partial charge in [0.1, 0.15) is 11.5 Å². The lowest BCUT2D eigenvalue weighted by Gasteiger charge is -2.69. The van der Waals surface area contributed by atoms with E-state index < -0.39 is 22.8 Å².